The fraction of sp³-hybridized carbons (Fsp3) is 0.702. The van der Waals surface area contributed by atoms with Crippen LogP contribution in [0.2, 0.25) is 0 Å². The van der Waals surface area contributed by atoms with E-state index in [0.29, 0.717) is 115 Å². The summed E-state index contributed by atoms with van der Waals surface area (Å²) in [6.45, 7) is -1.15. The van der Waals surface area contributed by atoms with E-state index in [1.54, 1.807) is 0 Å². The molecule has 0 bridgehead atoms. The first-order chi connectivity index (χ1) is 36.0. The van der Waals surface area contributed by atoms with Gasteiger partial charge in [-0.05, 0) is 120 Å². The molecule has 1 atom stereocenters. The number of esters is 7. The fourth-order valence-corrected chi connectivity index (χ4v) is 6.38. The molecule has 28 nitrogen and oxygen atoms in total. The first-order valence-corrected chi connectivity index (χ1v) is 24.9. The number of rotatable bonds is 47. The van der Waals surface area contributed by atoms with E-state index < -0.39 is 58.3 Å². The van der Waals surface area contributed by atoms with Crippen LogP contribution in [0.5, 0.6) is 5.75 Å². The number of hydrogen-bond donors (Lipinski definition) is 1. The van der Waals surface area contributed by atoms with Crippen LogP contribution in [-0.4, -0.2) is 128 Å². The van der Waals surface area contributed by atoms with Crippen LogP contribution in [0.3, 0.4) is 0 Å². The number of benzene rings is 1. The molecule has 1 N–H and O–H groups in total. The number of unbranched alkanes of at least 4 members (excludes halogenated alkanes) is 11. The molecule has 0 saturated heterocycles. The molecule has 1 unspecified atom stereocenters. The van der Waals surface area contributed by atoms with Gasteiger partial charge in [-0.3, -0.25) is 24.0 Å². The van der Waals surface area contributed by atoms with Gasteiger partial charge in [0.1, 0.15) is 11.8 Å². The summed E-state index contributed by atoms with van der Waals surface area (Å²) in [6.07, 6.45) is 9.84. The van der Waals surface area contributed by atoms with Crippen LogP contribution in [-0.2, 0) is 87.7 Å². The molecule has 28 heteroatoms. The van der Waals surface area contributed by atoms with Crippen molar-refractivity contribution < 1.29 is 101 Å². The van der Waals surface area contributed by atoms with Gasteiger partial charge < -0.3 is 53.0 Å². The average Bonchev–Trinajstić information content (AvgIpc) is 3.36. The Kier molecular flexibility index (Phi) is 37.6. The monoisotopic (exact) mass is 1070 g/mol. The Hall–Kier alpha value is -7.42. The molecule has 0 radical (unpaired) electrons. The van der Waals surface area contributed by atoms with Crippen molar-refractivity contribution in [1.29, 1.82) is 0 Å². The predicted octanol–water partition coefficient (Wildman–Crippen LogP) is 5.09. The smallest absolute Gasteiger partial charge is 0.349 e. The first-order valence-electron chi connectivity index (χ1n) is 24.9. The molecule has 0 aliphatic rings. The highest BCUT2D eigenvalue weighted by Gasteiger charge is 2.23. The second-order valence-corrected chi connectivity index (χ2v) is 16.5. The minimum absolute atomic E-state index is 0.0000203. The number of carbonyl (C=O) groups excluding carboxylic acids is 8. The lowest BCUT2D eigenvalue weighted by atomic mass is 10.1. The van der Waals surface area contributed by atoms with Gasteiger partial charge in [-0.25, -0.2) is 14.4 Å². The van der Waals surface area contributed by atoms with Gasteiger partial charge in [0.25, 0.3) is 15.3 Å². The molecular weight excluding hydrogens is 1000 g/mol. The number of ether oxygens (including phenoxy) is 7. The van der Waals surface area contributed by atoms with Crippen molar-refractivity contribution >= 4 is 47.7 Å². The zero-order valence-electron chi connectivity index (χ0n) is 42.2. The van der Waals surface area contributed by atoms with Crippen molar-refractivity contribution in [2.75, 3.05) is 59.5 Å². The minimum atomic E-state index is -1.20. The van der Waals surface area contributed by atoms with Gasteiger partial charge in [0, 0.05) is 38.5 Å². The normalized spacial score (nSPS) is 10.9. The first kappa shape index (κ1) is 65.6. The summed E-state index contributed by atoms with van der Waals surface area (Å²) in [5.41, 5.74) is 0.538. The van der Waals surface area contributed by atoms with E-state index in [-0.39, 0.29) is 114 Å². The van der Waals surface area contributed by atoms with Crippen LogP contribution in [0.4, 0.5) is 0 Å². The minimum Gasteiger partial charge on any atom is -0.466 e. The van der Waals surface area contributed by atoms with Crippen LogP contribution in [0.15, 0.2) is 24.3 Å². The van der Waals surface area contributed by atoms with Crippen molar-refractivity contribution in [2.24, 2.45) is 0 Å². The molecule has 1 aromatic carbocycles. The summed E-state index contributed by atoms with van der Waals surface area (Å²) in [6, 6.07) is 4.70. The standard InChI is InChI=1S/C47H70N4O24/c52-40(18-6-1-15-32-72-49(60)61)48-39(34-37-23-25-38(26-24-37)75-46(58)35-71-45(57)36-74-51(64)65)47(59)70-31-14-5-10-22-43(55)68-29-12-3-8-20-41(53)66-27-11-2-7-19-42(54)67-28-13-4-9-21-44(56)69-30-16-17-33-73-50(62)63/h23-26,39H,1-22,27-36H2,(H,48,52). The number of carbonyl (C=O) groups is 8. The summed E-state index contributed by atoms with van der Waals surface area (Å²) < 4.78 is 35.9. The van der Waals surface area contributed by atoms with E-state index in [9.17, 15) is 68.7 Å². The highest BCUT2D eigenvalue weighted by molar-refractivity contribution is 5.84. The van der Waals surface area contributed by atoms with Gasteiger partial charge in [-0.1, -0.05) is 18.6 Å². The number of hydrogen-bond acceptors (Lipinski definition) is 24. The van der Waals surface area contributed by atoms with Gasteiger partial charge in [0.15, 0.2) is 13.2 Å². The molecule has 1 aromatic rings. The maximum atomic E-state index is 13.1. The molecule has 1 rings (SSSR count). The van der Waals surface area contributed by atoms with E-state index in [2.05, 4.69) is 24.6 Å². The number of nitrogens with zero attached hydrogens (tertiary/aromatic N) is 3. The Balaban J connectivity index is 2.22. The quantitative estimate of drug-likeness (QED) is 0.0222. The Bertz CT molecular complexity index is 1900. The molecule has 0 spiro atoms. The third-order valence-corrected chi connectivity index (χ3v) is 10.2. The average molecular weight is 1080 g/mol. The lowest BCUT2D eigenvalue weighted by Gasteiger charge is -2.18. The van der Waals surface area contributed by atoms with Crippen molar-refractivity contribution in [3.8, 4) is 5.75 Å². The summed E-state index contributed by atoms with van der Waals surface area (Å²) in [5, 5.41) is 30.2. The van der Waals surface area contributed by atoms with Gasteiger partial charge in [-0.2, -0.15) is 0 Å². The van der Waals surface area contributed by atoms with E-state index in [0.717, 1.165) is 0 Å². The Morgan fingerprint density at radius 2 is 0.773 bits per heavy atom. The maximum Gasteiger partial charge on any atom is 0.349 e. The fourth-order valence-electron chi connectivity index (χ4n) is 6.38. The largest absolute Gasteiger partial charge is 0.466 e. The summed E-state index contributed by atoms with van der Waals surface area (Å²) in [7, 11) is 0. The summed E-state index contributed by atoms with van der Waals surface area (Å²) >= 11 is 0. The van der Waals surface area contributed by atoms with Gasteiger partial charge in [-0.15, -0.1) is 30.3 Å². The Morgan fingerprint density at radius 1 is 0.400 bits per heavy atom. The van der Waals surface area contributed by atoms with E-state index in [1.165, 1.54) is 24.3 Å². The molecule has 422 valence electrons. The highest BCUT2D eigenvalue weighted by Crippen LogP contribution is 2.16. The topological polar surface area (TPSA) is 370 Å². The summed E-state index contributed by atoms with van der Waals surface area (Å²) in [4.78, 5) is 140. The third kappa shape index (κ3) is 40.7. The third-order valence-electron chi connectivity index (χ3n) is 10.2. The van der Waals surface area contributed by atoms with Crippen molar-refractivity contribution in [1.82, 2.24) is 5.32 Å². The Labute approximate surface area is 432 Å². The zero-order chi connectivity index (χ0) is 55.3. The Morgan fingerprint density at radius 3 is 1.20 bits per heavy atom. The second-order valence-electron chi connectivity index (χ2n) is 16.5. The molecule has 75 heavy (non-hydrogen) atoms. The van der Waals surface area contributed by atoms with Crippen LogP contribution < -0.4 is 10.1 Å². The molecule has 0 fully saturated rings. The molecule has 0 aromatic heterocycles. The lowest BCUT2D eigenvalue weighted by molar-refractivity contribution is -0.757. The van der Waals surface area contributed by atoms with Crippen molar-refractivity contribution in [3.63, 3.8) is 0 Å². The van der Waals surface area contributed by atoms with Gasteiger partial charge >= 0.3 is 41.8 Å². The number of nitrogens with one attached hydrogen (secondary N) is 1. The molecule has 0 aliphatic carbocycles. The zero-order valence-corrected chi connectivity index (χ0v) is 42.2. The molecule has 0 saturated carbocycles. The SMILES string of the molecule is O=C(CCCCCO[N+](=O)[O-])NC(Cc1ccc(OC(=O)COC(=O)CO[N+](=O)[O-])cc1)C(=O)OCCCCCC(=O)OCCCCCC(=O)OCCCCCC(=O)OCCCCCC(=O)OCCCCO[N+](=O)[O-]. The molecule has 0 heterocycles. The van der Waals surface area contributed by atoms with E-state index in [4.69, 9.17) is 28.4 Å². The number of amides is 1. The summed E-state index contributed by atoms with van der Waals surface area (Å²) in [5.74, 6) is -4.68. The maximum absolute atomic E-state index is 13.1. The highest BCUT2D eigenvalue weighted by atomic mass is 17.0. The van der Waals surface area contributed by atoms with Crippen LogP contribution >= 0.6 is 0 Å². The predicted molar refractivity (Wildman–Crippen MR) is 254 cm³/mol. The van der Waals surface area contributed by atoms with Crippen LogP contribution in [0, 0.1) is 30.3 Å². The van der Waals surface area contributed by atoms with E-state index in [1.807, 2.05) is 0 Å². The molecule has 0 aliphatic heterocycles. The van der Waals surface area contributed by atoms with Gasteiger partial charge in [0.05, 0.1) is 46.2 Å². The second kappa shape index (κ2) is 43.0. The van der Waals surface area contributed by atoms with Crippen molar-refractivity contribution in [2.45, 2.75) is 154 Å². The molecular formula is C47H70N4O24. The van der Waals surface area contributed by atoms with Gasteiger partial charge in [0.2, 0.25) is 5.91 Å². The van der Waals surface area contributed by atoms with Crippen molar-refractivity contribution in [3.05, 3.63) is 60.2 Å². The lowest BCUT2D eigenvalue weighted by Crippen LogP contribution is -2.43. The molecule has 1 amide bonds. The van der Waals surface area contributed by atoms with Crippen LogP contribution in [0.1, 0.15) is 147 Å². The van der Waals surface area contributed by atoms with Crippen LogP contribution in [0.25, 0.3) is 0 Å². The van der Waals surface area contributed by atoms with E-state index >= 15 is 0 Å².